The predicted molar refractivity (Wildman–Crippen MR) is 67.7 cm³/mol. The summed E-state index contributed by atoms with van der Waals surface area (Å²) in [5.74, 6) is -0.0564. The summed E-state index contributed by atoms with van der Waals surface area (Å²) >= 11 is 0. The van der Waals surface area contributed by atoms with Gasteiger partial charge >= 0.3 is 0 Å². The van der Waals surface area contributed by atoms with Crippen LogP contribution in [0, 0.1) is 13.8 Å². The lowest BCUT2D eigenvalue weighted by molar-refractivity contribution is 0.1000. The van der Waals surface area contributed by atoms with Gasteiger partial charge in [-0.15, -0.1) is 0 Å². The first kappa shape index (κ1) is 12.0. The Bertz CT molecular complexity index is 601. The molecule has 0 atom stereocenters. The quantitative estimate of drug-likeness (QED) is 0.812. The summed E-state index contributed by atoms with van der Waals surface area (Å²) in [4.78, 5) is 23.6. The van der Waals surface area contributed by atoms with Crippen molar-refractivity contribution < 1.29 is 4.79 Å². The van der Waals surface area contributed by atoms with E-state index in [2.05, 4.69) is 15.0 Å². The van der Waals surface area contributed by atoms with E-state index in [0.29, 0.717) is 11.5 Å². The fourth-order valence-corrected chi connectivity index (χ4v) is 1.74. The van der Waals surface area contributed by atoms with Gasteiger partial charge in [0.05, 0.1) is 5.69 Å². The van der Waals surface area contributed by atoms with E-state index in [9.17, 15) is 4.79 Å². The molecule has 92 valence electrons. The summed E-state index contributed by atoms with van der Waals surface area (Å²) in [7, 11) is 0. The van der Waals surface area contributed by atoms with E-state index in [4.69, 9.17) is 11.5 Å². The number of nitrogen functional groups attached to an aromatic ring is 1. The molecule has 2 aromatic heterocycles. The van der Waals surface area contributed by atoms with Crippen molar-refractivity contribution in [2.24, 2.45) is 5.73 Å². The maximum absolute atomic E-state index is 11.2. The smallest absolute Gasteiger partial charge is 0.254 e. The largest absolute Gasteiger partial charge is 0.383 e. The second kappa shape index (κ2) is 4.40. The van der Waals surface area contributed by atoms with Crippen molar-refractivity contribution in [1.82, 2.24) is 15.0 Å². The molecule has 4 N–H and O–H groups in total. The van der Waals surface area contributed by atoms with Crippen LogP contribution in [0.4, 0.5) is 5.82 Å². The van der Waals surface area contributed by atoms with Crippen LogP contribution in [0.1, 0.15) is 21.6 Å². The van der Waals surface area contributed by atoms with Gasteiger partial charge in [-0.05, 0) is 25.5 Å². The molecule has 6 heteroatoms. The van der Waals surface area contributed by atoms with Gasteiger partial charge in [-0.1, -0.05) is 0 Å². The number of hydrogen-bond acceptors (Lipinski definition) is 5. The normalized spacial score (nSPS) is 10.3. The van der Waals surface area contributed by atoms with Gasteiger partial charge in [0.15, 0.2) is 5.82 Å². The second-order valence-corrected chi connectivity index (χ2v) is 3.95. The number of pyridine rings is 1. The Labute approximate surface area is 104 Å². The van der Waals surface area contributed by atoms with Crippen LogP contribution < -0.4 is 11.5 Å². The highest BCUT2D eigenvalue weighted by Crippen LogP contribution is 2.22. The first-order chi connectivity index (χ1) is 8.50. The van der Waals surface area contributed by atoms with Gasteiger partial charge < -0.3 is 11.5 Å². The van der Waals surface area contributed by atoms with Gasteiger partial charge in [0.1, 0.15) is 11.4 Å². The topological polar surface area (TPSA) is 108 Å². The highest BCUT2D eigenvalue weighted by atomic mass is 16.1. The van der Waals surface area contributed by atoms with Gasteiger partial charge in [0, 0.05) is 18.0 Å². The lowest BCUT2D eigenvalue weighted by Gasteiger charge is -2.09. The molecular weight excluding hydrogens is 230 g/mol. The Kier molecular flexibility index (Phi) is 2.93. The number of hydrogen-bond donors (Lipinski definition) is 2. The number of nitrogens with two attached hydrogens (primary N) is 2. The molecule has 0 saturated heterocycles. The van der Waals surface area contributed by atoms with Gasteiger partial charge in [0.2, 0.25) is 0 Å². The van der Waals surface area contributed by atoms with Crippen LogP contribution in [0.5, 0.6) is 0 Å². The zero-order valence-electron chi connectivity index (χ0n) is 10.1. The van der Waals surface area contributed by atoms with Gasteiger partial charge in [-0.25, -0.2) is 9.97 Å². The number of nitrogens with zero attached hydrogens (tertiary/aromatic N) is 3. The number of rotatable bonds is 2. The van der Waals surface area contributed by atoms with Crippen molar-refractivity contribution >= 4 is 11.7 Å². The van der Waals surface area contributed by atoms with Gasteiger partial charge in [-0.3, -0.25) is 9.78 Å². The predicted octanol–water partition coefficient (Wildman–Crippen LogP) is 0.837. The minimum atomic E-state index is -0.622. The summed E-state index contributed by atoms with van der Waals surface area (Å²) in [6.45, 7) is 3.58. The Balaban J connectivity index is 2.62. The Morgan fingerprint density at radius 3 is 2.56 bits per heavy atom. The van der Waals surface area contributed by atoms with Crippen LogP contribution in [0.3, 0.4) is 0 Å². The third kappa shape index (κ3) is 2.00. The van der Waals surface area contributed by atoms with Crippen LogP contribution in [-0.2, 0) is 0 Å². The van der Waals surface area contributed by atoms with Crippen molar-refractivity contribution in [2.75, 3.05) is 5.73 Å². The summed E-state index contributed by atoms with van der Waals surface area (Å²) in [5, 5.41) is 0. The van der Waals surface area contributed by atoms with E-state index < -0.39 is 5.91 Å². The Morgan fingerprint density at radius 1 is 1.28 bits per heavy atom. The van der Waals surface area contributed by atoms with Crippen molar-refractivity contribution in [3.63, 3.8) is 0 Å². The van der Waals surface area contributed by atoms with E-state index >= 15 is 0 Å². The maximum atomic E-state index is 11.2. The second-order valence-electron chi connectivity index (χ2n) is 3.95. The van der Waals surface area contributed by atoms with Crippen LogP contribution in [-0.4, -0.2) is 20.9 Å². The summed E-state index contributed by atoms with van der Waals surface area (Å²) in [6, 6.07) is 1.80. The van der Waals surface area contributed by atoms with Crippen molar-refractivity contribution in [1.29, 1.82) is 0 Å². The third-order valence-corrected chi connectivity index (χ3v) is 2.63. The Hall–Kier alpha value is -2.50. The summed E-state index contributed by atoms with van der Waals surface area (Å²) in [5.41, 5.74) is 13.4. The minimum Gasteiger partial charge on any atom is -0.383 e. The molecule has 0 saturated carbocycles. The van der Waals surface area contributed by atoms with Crippen LogP contribution in [0.25, 0.3) is 11.4 Å². The molecule has 0 aliphatic carbocycles. The molecule has 0 aromatic carbocycles. The number of anilines is 1. The monoisotopic (exact) mass is 243 g/mol. The van der Waals surface area contributed by atoms with Crippen molar-refractivity contribution in [2.45, 2.75) is 13.8 Å². The van der Waals surface area contributed by atoms with Crippen LogP contribution in [0.2, 0.25) is 0 Å². The molecule has 0 unspecified atom stereocenters. The summed E-state index contributed by atoms with van der Waals surface area (Å²) in [6.07, 6.45) is 3.37. The third-order valence-electron chi connectivity index (χ3n) is 2.63. The first-order valence-corrected chi connectivity index (χ1v) is 5.35. The molecule has 0 aliphatic rings. The zero-order chi connectivity index (χ0) is 13.3. The first-order valence-electron chi connectivity index (χ1n) is 5.35. The molecule has 18 heavy (non-hydrogen) atoms. The SMILES string of the molecule is Cc1cnccc1-c1nc(C)c(C(N)=O)c(N)n1. The number of aryl methyl sites for hydroxylation is 2. The molecule has 0 radical (unpaired) electrons. The van der Waals surface area contributed by atoms with Crippen molar-refractivity contribution in [3.8, 4) is 11.4 Å². The van der Waals surface area contributed by atoms with Crippen molar-refractivity contribution in [3.05, 3.63) is 35.3 Å². The van der Waals surface area contributed by atoms with E-state index in [0.717, 1.165) is 11.1 Å². The van der Waals surface area contributed by atoms with Gasteiger partial charge in [0.25, 0.3) is 5.91 Å². The van der Waals surface area contributed by atoms with E-state index in [1.807, 2.05) is 6.92 Å². The lowest BCUT2D eigenvalue weighted by Crippen LogP contribution is -2.18. The number of aromatic nitrogens is 3. The average Bonchev–Trinajstić information content (AvgIpc) is 2.27. The van der Waals surface area contributed by atoms with Crippen LogP contribution in [0.15, 0.2) is 18.5 Å². The van der Waals surface area contributed by atoms with Gasteiger partial charge in [-0.2, -0.15) is 0 Å². The lowest BCUT2D eigenvalue weighted by atomic mass is 10.1. The molecule has 0 bridgehead atoms. The molecule has 2 heterocycles. The zero-order valence-corrected chi connectivity index (χ0v) is 10.1. The Morgan fingerprint density at radius 2 is 2.00 bits per heavy atom. The number of amides is 1. The van der Waals surface area contributed by atoms with E-state index in [-0.39, 0.29) is 11.4 Å². The molecular formula is C12H13N5O. The number of carbonyl (C=O) groups excluding carboxylic acids is 1. The molecule has 0 fully saturated rings. The maximum Gasteiger partial charge on any atom is 0.254 e. The average molecular weight is 243 g/mol. The minimum absolute atomic E-state index is 0.0983. The summed E-state index contributed by atoms with van der Waals surface area (Å²) < 4.78 is 0. The van der Waals surface area contributed by atoms with Crippen LogP contribution >= 0.6 is 0 Å². The molecule has 0 aliphatic heterocycles. The fraction of sp³-hybridized carbons (Fsp3) is 0.167. The number of primary amides is 1. The fourth-order valence-electron chi connectivity index (χ4n) is 1.74. The molecule has 2 aromatic rings. The van der Waals surface area contributed by atoms with E-state index in [1.165, 1.54) is 0 Å². The highest BCUT2D eigenvalue weighted by molar-refractivity contribution is 5.98. The molecule has 1 amide bonds. The molecule has 2 rings (SSSR count). The highest BCUT2D eigenvalue weighted by Gasteiger charge is 2.15. The molecule has 6 nitrogen and oxygen atoms in total. The van der Waals surface area contributed by atoms with E-state index in [1.54, 1.807) is 25.4 Å². The number of carbonyl (C=O) groups is 1. The standard InChI is InChI=1S/C12H13N5O/c1-6-5-15-4-3-8(6)12-16-7(2)9(11(14)18)10(13)17-12/h3-5H,1-2H3,(H2,14,18)(H2,13,16,17). The molecule has 0 spiro atoms.